The molecule has 0 bridgehead atoms. The highest BCUT2D eigenvalue weighted by Crippen LogP contribution is 2.20. The molecular weight excluding hydrogens is 280 g/mol. The third-order valence-corrected chi connectivity index (χ3v) is 4.52. The number of hydrogen-bond donors (Lipinski definition) is 1. The summed E-state index contributed by atoms with van der Waals surface area (Å²) < 4.78 is 2.84. The Kier molecular flexibility index (Phi) is 4.09. The summed E-state index contributed by atoms with van der Waals surface area (Å²) >= 11 is 5.45. The minimum atomic E-state index is 0.541. The van der Waals surface area contributed by atoms with Crippen molar-refractivity contribution < 1.29 is 0 Å². The van der Waals surface area contributed by atoms with Gasteiger partial charge < -0.3 is 14.5 Å². The molecular formula is C16H20N4S. The number of aromatic amines is 1. The molecule has 110 valence electrons. The van der Waals surface area contributed by atoms with Crippen LogP contribution in [0.5, 0.6) is 0 Å². The van der Waals surface area contributed by atoms with Crippen LogP contribution >= 0.6 is 12.2 Å². The number of benzene rings is 1. The molecule has 0 radical (unpaired) electrons. The highest BCUT2D eigenvalue weighted by molar-refractivity contribution is 7.71. The zero-order valence-electron chi connectivity index (χ0n) is 12.3. The molecule has 1 aliphatic rings. The minimum Gasteiger partial charge on any atom is -0.329 e. The van der Waals surface area contributed by atoms with Gasteiger partial charge in [0.2, 0.25) is 0 Å². The highest BCUT2D eigenvalue weighted by atomic mass is 32.1. The predicted octanol–water partition coefficient (Wildman–Crippen LogP) is 3.30. The summed E-state index contributed by atoms with van der Waals surface area (Å²) in [5.74, 6) is 0.541. The average Bonchev–Trinajstić information content (AvgIpc) is 3.07. The van der Waals surface area contributed by atoms with Crippen molar-refractivity contribution in [2.24, 2.45) is 5.92 Å². The zero-order chi connectivity index (χ0) is 14.8. The second kappa shape index (κ2) is 6.00. The lowest BCUT2D eigenvalue weighted by Gasteiger charge is -2.20. The van der Waals surface area contributed by atoms with E-state index >= 15 is 0 Å². The van der Waals surface area contributed by atoms with Crippen LogP contribution < -0.4 is 0 Å². The SMILES string of the molecule is CC(CN1CCCC1)Cn1c(=S)[nH]c2c(C#N)cccc21. The molecule has 1 saturated heterocycles. The molecule has 1 aliphatic heterocycles. The molecule has 1 aromatic carbocycles. The van der Waals surface area contributed by atoms with Gasteiger partial charge in [0.25, 0.3) is 0 Å². The minimum absolute atomic E-state index is 0.541. The van der Waals surface area contributed by atoms with Gasteiger partial charge in [-0.25, -0.2) is 0 Å². The number of imidazole rings is 1. The van der Waals surface area contributed by atoms with Crippen LogP contribution in [0.1, 0.15) is 25.3 Å². The van der Waals surface area contributed by atoms with Crippen molar-refractivity contribution in [1.82, 2.24) is 14.5 Å². The van der Waals surface area contributed by atoms with Crippen molar-refractivity contribution in [3.8, 4) is 6.07 Å². The summed E-state index contributed by atoms with van der Waals surface area (Å²) in [6, 6.07) is 8.00. The maximum absolute atomic E-state index is 9.19. The molecule has 4 nitrogen and oxygen atoms in total. The highest BCUT2D eigenvalue weighted by Gasteiger charge is 2.16. The molecule has 0 amide bonds. The van der Waals surface area contributed by atoms with E-state index < -0.39 is 0 Å². The van der Waals surface area contributed by atoms with Crippen LogP contribution in [-0.4, -0.2) is 34.1 Å². The lowest BCUT2D eigenvalue weighted by atomic mass is 10.1. The maximum atomic E-state index is 9.19. The van der Waals surface area contributed by atoms with Crippen molar-refractivity contribution in [2.75, 3.05) is 19.6 Å². The fourth-order valence-corrected chi connectivity index (χ4v) is 3.50. The summed E-state index contributed by atoms with van der Waals surface area (Å²) in [6.45, 7) is 6.73. The van der Waals surface area contributed by atoms with Crippen LogP contribution in [0.15, 0.2) is 18.2 Å². The lowest BCUT2D eigenvalue weighted by Crippen LogP contribution is -2.27. The molecule has 5 heteroatoms. The number of para-hydroxylation sites is 1. The van der Waals surface area contributed by atoms with E-state index in [1.807, 2.05) is 18.2 Å². The van der Waals surface area contributed by atoms with Gasteiger partial charge in [0.1, 0.15) is 6.07 Å². The van der Waals surface area contributed by atoms with E-state index in [1.165, 1.54) is 25.9 Å². The second-order valence-electron chi connectivity index (χ2n) is 5.97. The third kappa shape index (κ3) is 2.87. The lowest BCUT2D eigenvalue weighted by molar-refractivity contribution is 0.272. The first-order valence-corrected chi connectivity index (χ1v) is 7.94. The maximum Gasteiger partial charge on any atom is 0.178 e. The summed E-state index contributed by atoms with van der Waals surface area (Å²) in [5.41, 5.74) is 2.55. The van der Waals surface area contributed by atoms with Gasteiger partial charge >= 0.3 is 0 Å². The normalized spacial score (nSPS) is 17.1. The number of likely N-dealkylation sites (tertiary alicyclic amines) is 1. The molecule has 3 rings (SSSR count). The van der Waals surface area contributed by atoms with Crippen LogP contribution in [0.25, 0.3) is 11.0 Å². The van der Waals surface area contributed by atoms with Crippen LogP contribution in [-0.2, 0) is 6.54 Å². The van der Waals surface area contributed by atoms with Crippen molar-refractivity contribution in [3.63, 3.8) is 0 Å². The zero-order valence-corrected chi connectivity index (χ0v) is 13.1. The number of rotatable bonds is 4. The molecule has 1 aromatic heterocycles. The molecule has 0 spiro atoms. The van der Waals surface area contributed by atoms with Crippen LogP contribution in [0.2, 0.25) is 0 Å². The van der Waals surface area contributed by atoms with Crippen LogP contribution in [0, 0.1) is 22.0 Å². The Morgan fingerprint density at radius 3 is 2.81 bits per heavy atom. The predicted molar refractivity (Wildman–Crippen MR) is 86.7 cm³/mol. The largest absolute Gasteiger partial charge is 0.329 e. The first-order chi connectivity index (χ1) is 10.2. The summed E-state index contributed by atoms with van der Waals surface area (Å²) in [5, 5.41) is 9.19. The first-order valence-electron chi connectivity index (χ1n) is 7.53. The number of nitriles is 1. The van der Waals surface area contributed by atoms with Gasteiger partial charge in [0, 0.05) is 13.1 Å². The van der Waals surface area contributed by atoms with Gasteiger partial charge in [-0.1, -0.05) is 13.0 Å². The number of H-pyrrole nitrogens is 1. The molecule has 1 fully saturated rings. The molecule has 1 N–H and O–H groups in total. The number of fused-ring (bicyclic) bond motifs is 1. The molecule has 0 saturated carbocycles. The Balaban J connectivity index is 1.85. The van der Waals surface area contributed by atoms with Gasteiger partial charge in [-0.3, -0.25) is 0 Å². The van der Waals surface area contributed by atoms with Gasteiger partial charge in [0.05, 0.1) is 16.6 Å². The van der Waals surface area contributed by atoms with Crippen LogP contribution in [0.4, 0.5) is 0 Å². The van der Waals surface area contributed by atoms with Gasteiger partial charge in [-0.15, -0.1) is 0 Å². The quantitative estimate of drug-likeness (QED) is 0.881. The molecule has 1 atom stereocenters. The monoisotopic (exact) mass is 300 g/mol. The Morgan fingerprint density at radius 1 is 1.33 bits per heavy atom. The first kappa shape index (κ1) is 14.3. The summed E-state index contributed by atoms with van der Waals surface area (Å²) in [4.78, 5) is 5.72. The smallest absolute Gasteiger partial charge is 0.178 e. The average molecular weight is 300 g/mol. The number of aromatic nitrogens is 2. The standard InChI is InChI=1S/C16H20N4S/c1-12(10-19-7-2-3-8-19)11-20-14-6-4-5-13(9-17)15(14)18-16(20)21/h4-6,12H,2-3,7-8,10-11H2,1H3,(H,18,21). The number of nitrogens with zero attached hydrogens (tertiary/aromatic N) is 3. The van der Waals surface area contributed by atoms with Crippen LogP contribution in [0.3, 0.4) is 0 Å². The number of nitrogens with one attached hydrogen (secondary N) is 1. The molecule has 1 unspecified atom stereocenters. The Labute approximate surface area is 130 Å². The van der Waals surface area contributed by atoms with E-state index in [0.29, 0.717) is 16.3 Å². The van der Waals surface area contributed by atoms with Crippen molar-refractivity contribution in [2.45, 2.75) is 26.3 Å². The number of hydrogen-bond acceptors (Lipinski definition) is 3. The summed E-state index contributed by atoms with van der Waals surface area (Å²) in [6.07, 6.45) is 2.65. The van der Waals surface area contributed by atoms with Gasteiger partial charge in [0.15, 0.2) is 4.77 Å². The van der Waals surface area contributed by atoms with Crippen molar-refractivity contribution in [1.29, 1.82) is 5.26 Å². The van der Waals surface area contributed by atoms with E-state index in [4.69, 9.17) is 12.2 Å². The molecule has 0 aliphatic carbocycles. The van der Waals surface area contributed by atoms with E-state index in [0.717, 1.165) is 24.1 Å². The van der Waals surface area contributed by atoms with Gasteiger partial charge in [-0.2, -0.15) is 5.26 Å². The Bertz CT molecular complexity index is 731. The second-order valence-corrected chi connectivity index (χ2v) is 6.35. The fraction of sp³-hybridized carbons (Fsp3) is 0.500. The fourth-order valence-electron chi connectivity index (χ4n) is 3.23. The molecule has 2 aromatic rings. The summed E-state index contributed by atoms with van der Waals surface area (Å²) in [7, 11) is 0. The topological polar surface area (TPSA) is 47.8 Å². The van der Waals surface area contributed by atoms with Gasteiger partial charge in [-0.05, 0) is 56.2 Å². The van der Waals surface area contributed by atoms with Crippen molar-refractivity contribution in [3.05, 3.63) is 28.5 Å². The Hall–Kier alpha value is -1.64. The molecule has 21 heavy (non-hydrogen) atoms. The third-order valence-electron chi connectivity index (χ3n) is 4.19. The Morgan fingerprint density at radius 2 is 2.10 bits per heavy atom. The van der Waals surface area contributed by atoms with E-state index in [1.54, 1.807) is 0 Å². The van der Waals surface area contributed by atoms with E-state index in [2.05, 4.69) is 27.4 Å². The van der Waals surface area contributed by atoms with E-state index in [-0.39, 0.29) is 0 Å². The van der Waals surface area contributed by atoms with E-state index in [9.17, 15) is 5.26 Å². The van der Waals surface area contributed by atoms with Crippen molar-refractivity contribution >= 4 is 23.3 Å². The molecule has 2 heterocycles.